The molecule has 0 radical (unpaired) electrons. The second-order valence-electron chi connectivity index (χ2n) is 6.13. The van der Waals surface area contributed by atoms with Crippen LogP contribution in [0.15, 0.2) is 0 Å². The van der Waals surface area contributed by atoms with Gasteiger partial charge in [0.2, 0.25) is 0 Å². The van der Waals surface area contributed by atoms with Crippen molar-refractivity contribution in [3.05, 3.63) is 0 Å². The predicted octanol–water partition coefficient (Wildman–Crippen LogP) is 2.63. The number of hydrogen-bond acceptors (Lipinski definition) is 2. The fourth-order valence-corrected chi connectivity index (χ4v) is 3.37. The number of likely N-dealkylation sites (tertiary alicyclic amines) is 1. The Kier molecular flexibility index (Phi) is 4.66. The van der Waals surface area contributed by atoms with Crippen molar-refractivity contribution in [3.8, 4) is 0 Å². The molecule has 3 atom stereocenters. The quantitative estimate of drug-likeness (QED) is 0.781. The third-order valence-corrected chi connectivity index (χ3v) is 4.45. The lowest BCUT2D eigenvalue weighted by Crippen LogP contribution is -2.36. The van der Waals surface area contributed by atoms with Crippen LogP contribution in [0.2, 0.25) is 0 Å². The molecule has 1 saturated heterocycles. The maximum atomic E-state index is 6.06. The van der Waals surface area contributed by atoms with Crippen molar-refractivity contribution in [2.45, 2.75) is 57.9 Å². The van der Waals surface area contributed by atoms with Crippen LogP contribution in [0.4, 0.5) is 0 Å². The van der Waals surface area contributed by atoms with E-state index in [1.54, 1.807) is 0 Å². The van der Waals surface area contributed by atoms with Gasteiger partial charge in [-0.2, -0.15) is 0 Å². The molecule has 0 bridgehead atoms. The van der Waals surface area contributed by atoms with Crippen LogP contribution in [0.3, 0.4) is 0 Å². The molecule has 1 heterocycles. The van der Waals surface area contributed by atoms with Crippen molar-refractivity contribution in [3.63, 3.8) is 0 Å². The zero-order valence-electron chi connectivity index (χ0n) is 10.8. The number of hydrogen-bond donors (Lipinski definition) is 1. The van der Waals surface area contributed by atoms with E-state index in [4.69, 9.17) is 5.73 Å². The highest BCUT2D eigenvalue weighted by atomic mass is 15.1. The summed E-state index contributed by atoms with van der Waals surface area (Å²) in [4.78, 5) is 2.70. The van der Waals surface area contributed by atoms with E-state index in [2.05, 4.69) is 11.8 Å². The molecule has 0 aromatic heterocycles. The van der Waals surface area contributed by atoms with Crippen LogP contribution in [0.1, 0.15) is 51.9 Å². The second kappa shape index (κ2) is 6.02. The molecule has 94 valence electrons. The molecule has 2 N–H and O–H groups in total. The first-order valence-corrected chi connectivity index (χ1v) is 7.22. The minimum absolute atomic E-state index is 0.490. The molecule has 1 aliphatic carbocycles. The van der Waals surface area contributed by atoms with Gasteiger partial charge in [-0.1, -0.05) is 13.3 Å². The Balaban J connectivity index is 1.75. The summed E-state index contributed by atoms with van der Waals surface area (Å²) in [5, 5.41) is 0. The third-order valence-electron chi connectivity index (χ3n) is 4.45. The van der Waals surface area contributed by atoms with Crippen LogP contribution in [-0.4, -0.2) is 30.6 Å². The van der Waals surface area contributed by atoms with Crippen LogP contribution < -0.4 is 5.73 Å². The fourth-order valence-electron chi connectivity index (χ4n) is 3.37. The molecule has 2 rings (SSSR count). The van der Waals surface area contributed by atoms with E-state index < -0.39 is 0 Å². The summed E-state index contributed by atoms with van der Waals surface area (Å²) in [6, 6.07) is 0.490. The van der Waals surface area contributed by atoms with Crippen molar-refractivity contribution < 1.29 is 0 Å². The van der Waals surface area contributed by atoms with Crippen molar-refractivity contribution in [2.24, 2.45) is 17.6 Å². The molecule has 1 aliphatic heterocycles. The third kappa shape index (κ3) is 3.74. The average molecular weight is 224 g/mol. The molecular formula is C14H28N2. The van der Waals surface area contributed by atoms with Gasteiger partial charge < -0.3 is 10.6 Å². The standard InChI is InChI=1S/C14H28N2/c1-12-4-3-8-16(9-7-12)11-13-5-2-6-14(15)10-13/h12-14H,2-11,15H2,1H3. The summed E-state index contributed by atoms with van der Waals surface area (Å²) in [5.74, 6) is 1.83. The van der Waals surface area contributed by atoms with Crippen molar-refractivity contribution >= 4 is 0 Å². The maximum Gasteiger partial charge on any atom is 0.00419 e. The minimum Gasteiger partial charge on any atom is -0.328 e. The first kappa shape index (κ1) is 12.4. The normalized spacial score (nSPS) is 38.2. The van der Waals surface area contributed by atoms with Gasteiger partial charge in [0.1, 0.15) is 0 Å². The zero-order chi connectivity index (χ0) is 11.4. The first-order valence-electron chi connectivity index (χ1n) is 7.22. The van der Waals surface area contributed by atoms with Crippen LogP contribution in [-0.2, 0) is 0 Å². The second-order valence-corrected chi connectivity index (χ2v) is 6.13. The van der Waals surface area contributed by atoms with Gasteiger partial charge in [0.25, 0.3) is 0 Å². The van der Waals surface area contributed by atoms with Gasteiger partial charge >= 0.3 is 0 Å². The Morgan fingerprint density at radius 1 is 1.06 bits per heavy atom. The summed E-state index contributed by atoms with van der Waals surface area (Å²) in [5.41, 5.74) is 6.06. The lowest BCUT2D eigenvalue weighted by atomic mass is 9.86. The van der Waals surface area contributed by atoms with Gasteiger partial charge in [-0.3, -0.25) is 0 Å². The zero-order valence-corrected chi connectivity index (χ0v) is 10.8. The summed E-state index contributed by atoms with van der Waals surface area (Å²) in [6.07, 6.45) is 9.54. The topological polar surface area (TPSA) is 29.3 Å². The van der Waals surface area contributed by atoms with E-state index in [1.165, 1.54) is 64.6 Å². The van der Waals surface area contributed by atoms with E-state index in [0.717, 1.165) is 11.8 Å². The molecule has 3 unspecified atom stereocenters. The molecule has 1 saturated carbocycles. The van der Waals surface area contributed by atoms with E-state index in [9.17, 15) is 0 Å². The molecule has 0 aromatic carbocycles. The van der Waals surface area contributed by atoms with Crippen molar-refractivity contribution in [2.75, 3.05) is 19.6 Å². The Morgan fingerprint density at radius 2 is 1.94 bits per heavy atom. The van der Waals surface area contributed by atoms with Gasteiger partial charge in [0.15, 0.2) is 0 Å². The molecule has 0 aromatic rings. The molecule has 2 heteroatoms. The highest BCUT2D eigenvalue weighted by Crippen LogP contribution is 2.25. The summed E-state index contributed by atoms with van der Waals surface area (Å²) >= 11 is 0. The highest BCUT2D eigenvalue weighted by molar-refractivity contribution is 4.78. The minimum atomic E-state index is 0.490. The van der Waals surface area contributed by atoms with Gasteiger partial charge in [-0.25, -0.2) is 0 Å². The van der Waals surface area contributed by atoms with Crippen molar-refractivity contribution in [1.82, 2.24) is 4.90 Å². The lowest BCUT2D eigenvalue weighted by Gasteiger charge is -2.31. The Hall–Kier alpha value is -0.0800. The fraction of sp³-hybridized carbons (Fsp3) is 1.00. The van der Waals surface area contributed by atoms with Gasteiger partial charge in [-0.15, -0.1) is 0 Å². The summed E-state index contributed by atoms with van der Waals surface area (Å²) < 4.78 is 0. The summed E-state index contributed by atoms with van der Waals surface area (Å²) in [7, 11) is 0. The predicted molar refractivity (Wildman–Crippen MR) is 69.4 cm³/mol. The smallest absolute Gasteiger partial charge is 0.00419 e. The number of nitrogens with zero attached hydrogens (tertiary/aromatic N) is 1. The maximum absolute atomic E-state index is 6.06. The van der Waals surface area contributed by atoms with Crippen LogP contribution >= 0.6 is 0 Å². The van der Waals surface area contributed by atoms with Gasteiger partial charge in [0.05, 0.1) is 0 Å². The first-order chi connectivity index (χ1) is 7.74. The molecule has 2 nitrogen and oxygen atoms in total. The summed E-state index contributed by atoms with van der Waals surface area (Å²) in [6.45, 7) is 6.38. The molecular weight excluding hydrogens is 196 g/mol. The van der Waals surface area contributed by atoms with E-state index in [-0.39, 0.29) is 0 Å². The SMILES string of the molecule is CC1CCCN(CC2CCCC(N)C2)CC1. The van der Waals surface area contributed by atoms with E-state index in [0.29, 0.717) is 6.04 Å². The molecule has 0 amide bonds. The Bertz CT molecular complexity index is 205. The van der Waals surface area contributed by atoms with E-state index >= 15 is 0 Å². The Morgan fingerprint density at radius 3 is 2.75 bits per heavy atom. The Labute approximate surface area is 101 Å². The van der Waals surface area contributed by atoms with Crippen molar-refractivity contribution in [1.29, 1.82) is 0 Å². The lowest BCUT2D eigenvalue weighted by molar-refractivity contribution is 0.196. The van der Waals surface area contributed by atoms with Crippen LogP contribution in [0.5, 0.6) is 0 Å². The number of nitrogens with two attached hydrogens (primary N) is 1. The monoisotopic (exact) mass is 224 g/mol. The average Bonchev–Trinajstić information content (AvgIpc) is 2.44. The van der Waals surface area contributed by atoms with Gasteiger partial charge in [-0.05, 0) is 63.5 Å². The molecule has 2 fully saturated rings. The molecule has 0 spiro atoms. The number of rotatable bonds is 2. The van der Waals surface area contributed by atoms with Gasteiger partial charge in [0, 0.05) is 12.6 Å². The highest BCUT2D eigenvalue weighted by Gasteiger charge is 2.22. The molecule has 2 aliphatic rings. The van der Waals surface area contributed by atoms with E-state index in [1.807, 2.05) is 0 Å². The molecule has 16 heavy (non-hydrogen) atoms. The van der Waals surface area contributed by atoms with Crippen LogP contribution in [0.25, 0.3) is 0 Å². The van der Waals surface area contributed by atoms with Crippen LogP contribution in [0, 0.1) is 11.8 Å². The largest absolute Gasteiger partial charge is 0.328 e.